The zero-order valence-corrected chi connectivity index (χ0v) is 9.71. The summed E-state index contributed by atoms with van der Waals surface area (Å²) in [5.41, 5.74) is 1.28. The summed E-state index contributed by atoms with van der Waals surface area (Å²) in [6, 6.07) is 0.318. The minimum absolute atomic E-state index is 0.318. The highest BCUT2D eigenvalue weighted by molar-refractivity contribution is 5.81. The predicted octanol–water partition coefficient (Wildman–Crippen LogP) is 2.60. The number of rotatable bonds is 4. The van der Waals surface area contributed by atoms with Crippen molar-refractivity contribution in [2.45, 2.75) is 46.6 Å². The van der Waals surface area contributed by atoms with Crippen LogP contribution < -0.4 is 0 Å². The molecule has 1 saturated carbocycles. The predicted molar refractivity (Wildman–Crippen MR) is 59.0 cm³/mol. The first kappa shape index (κ1) is 11.3. The third-order valence-electron chi connectivity index (χ3n) is 2.53. The van der Waals surface area contributed by atoms with Crippen LogP contribution in [0.5, 0.6) is 0 Å². The topological polar surface area (TPSA) is 20.3 Å². The van der Waals surface area contributed by atoms with Crippen molar-refractivity contribution in [2.24, 2.45) is 5.92 Å². The van der Waals surface area contributed by atoms with Crippen molar-refractivity contribution in [3.8, 4) is 0 Å². The molecule has 0 atom stereocenters. The van der Waals surface area contributed by atoms with Crippen molar-refractivity contribution in [1.29, 1.82) is 0 Å². The Bertz CT molecular complexity index is 235. The molecule has 1 rings (SSSR count). The molecule has 2 nitrogen and oxygen atoms in total. The van der Waals surface area contributed by atoms with E-state index < -0.39 is 0 Å². The van der Waals surface area contributed by atoms with E-state index in [9.17, 15) is 4.79 Å². The molecule has 1 fully saturated rings. The zero-order chi connectivity index (χ0) is 10.7. The van der Waals surface area contributed by atoms with Gasteiger partial charge in [-0.25, -0.2) is 0 Å². The Balaban J connectivity index is 2.54. The Kier molecular flexibility index (Phi) is 3.73. The van der Waals surface area contributed by atoms with Crippen LogP contribution in [0.15, 0.2) is 11.6 Å². The Hall–Kier alpha value is -0.790. The van der Waals surface area contributed by atoms with Gasteiger partial charge in [-0.05, 0) is 40.5 Å². The summed E-state index contributed by atoms with van der Waals surface area (Å²) in [4.78, 5) is 13.8. The Labute approximate surface area is 87.0 Å². The van der Waals surface area contributed by atoms with Crippen molar-refractivity contribution in [2.75, 3.05) is 6.54 Å². The van der Waals surface area contributed by atoms with Crippen molar-refractivity contribution in [3.63, 3.8) is 0 Å². The molecule has 0 radical (unpaired) electrons. The molecule has 0 aromatic carbocycles. The summed E-state index contributed by atoms with van der Waals surface area (Å²) < 4.78 is 0. The van der Waals surface area contributed by atoms with Gasteiger partial charge in [0.05, 0.1) is 0 Å². The lowest BCUT2D eigenvalue weighted by Crippen LogP contribution is -2.38. The van der Waals surface area contributed by atoms with Crippen LogP contribution in [-0.4, -0.2) is 23.4 Å². The van der Waals surface area contributed by atoms with Gasteiger partial charge in [0.15, 0.2) is 0 Å². The number of amides is 1. The average molecular weight is 195 g/mol. The molecule has 0 spiro atoms. The van der Waals surface area contributed by atoms with Gasteiger partial charge in [0.25, 0.3) is 0 Å². The number of nitrogens with zero attached hydrogens (tertiary/aromatic N) is 1. The van der Waals surface area contributed by atoms with E-state index in [1.165, 1.54) is 5.57 Å². The van der Waals surface area contributed by atoms with Crippen LogP contribution in [0.1, 0.15) is 40.5 Å². The smallest absolute Gasteiger partial charge is 0.226 e. The first-order chi connectivity index (χ1) is 6.52. The lowest BCUT2D eigenvalue weighted by atomic mass is 10.2. The third kappa shape index (κ3) is 3.17. The van der Waals surface area contributed by atoms with Crippen LogP contribution in [0.3, 0.4) is 0 Å². The SMILES string of the molecule is CC(C)=CCN(C(=O)C1CC1)C(C)C. The number of hydrogen-bond donors (Lipinski definition) is 0. The van der Waals surface area contributed by atoms with Gasteiger partial charge in [0.2, 0.25) is 5.91 Å². The zero-order valence-electron chi connectivity index (χ0n) is 9.71. The Morgan fingerprint density at radius 3 is 2.36 bits per heavy atom. The quantitative estimate of drug-likeness (QED) is 0.631. The summed E-state index contributed by atoms with van der Waals surface area (Å²) in [5, 5.41) is 0. The van der Waals surface area contributed by atoms with E-state index in [0.29, 0.717) is 17.9 Å². The maximum atomic E-state index is 11.9. The molecular weight excluding hydrogens is 174 g/mol. The molecule has 0 N–H and O–H groups in total. The molecule has 0 unspecified atom stereocenters. The van der Waals surface area contributed by atoms with E-state index in [1.807, 2.05) is 4.90 Å². The largest absolute Gasteiger partial charge is 0.336 e. The van der Waals surface area contributed by atoms with Crippen LogP contribution in [0, 0.1) is 5.92 Å². The minimum atomic E-state index is 0.318. The molecule has 0 aromatic rings. The van der Waals surface area contributed by atoms with Gasteiger partial charge in [-0.3, -0.25) is 4.79 Å². The van der Waals surface area contributed by atoms with E-state index in [4.69, 9.17) is 0 Å². The fraction of sp³-hybridized carbons (Fsp3) is 0.750. The average Bonchev–Trinajstić information content (AvgIpc) is 2.84. The van der Waals surface area contributed by atoms with Crippen LogP contribution in [0.2, 0.25) is 0 Å². The second-order valence-corrected chi connectivity index (χ2v) is 4.64. The standard InChI is InChI=1S/C12H21NO/c1-9(2)7-8-13(10(3)4)12(14)11-5-6-11/h7,10-11H,5-6,8H2,1-4H3. The molecule has 1 aliphatic carbocycles. The monoisotopic (exact) mass is 195 g/mol. The molecule has 0 saturated heterocycles. The first-order valence-corrected chi connectivity index (χ1v) is 5.46. The number of carbonyl (C=O) groups excluding carboxylic acids is 1. The van der Waals surface area contributed by atoms with Gasteiger partial charge in [0.1, 0.15) is 0 Å². The molecule has 0 heterocycles. The molecule has 1 amide bonds. The van der Waals surface area contributed by atoms with Gasteiger partial charge in [-0.2, -0.15) is 0 Å². The fourth-order valence-corrected chi connectivity index (χ4v) is 1.40. The van der Waals surface area contributed by atoms with Gasteiger partial charge >= 0.3 is 0 Å². The van der Waals surface area contributed by atoms with E-state index >= 15 is 0 Å². The molecule has 80 valence electrons. The molecule has 1 aliphatic rings. The van der Waals surface area contributed by atoms with Crippen molar-refractivity contribution < 1.29 is 4.79 Å². The highest BCUT2D eigenvalue weighted by Gasteiger charge is 2.33. The van der Waals surface area contributed by atoms with Gasteiger partial charge < -0.3 is 4.90 Å². The lowest BCUT2D eigenvalue weighted by Gasteiger charge is -2.25. The van der Waals surface area contributed by atoms with E-state index in [1.54, 1.807) is 0 Å². The van der Waals surface area contributed by atoms with E-state index in [0.717, 1.165) is 19.4 Å². The molecular formula is C12H21NO. The summed E-state index contributed by atoms with van der Waals surface area (Å²) in [7, 11) is 0. The van der Waals surface area contributed by atoms with E-state index in [2.05, 4.69) is 33.8 Å². The maximum absolute atomic E-state index is 11.9. The fourth-order valence-electron chi connectivity index (χ4n) is 1.40. The molecule has 0 bridgehead atoms. The normalized spacial score (nSPS) is 15.5. The number of hydrogen-bond acceptors (Lipinski definition) is 1. The van der Waals surface area contributed by atoms with E-state index in [-0.39, 0.29) is 0 Å². The number of carbonyl (C=O) groups is 1. The second-order valence-electron chi connectivity index (χ2n) is 4.64. The third-order valence-corrected chi connectivity index (χ3v) is 2.53. The highest BCUT2D eigenvalue weighted by Crippen LogP contribution is 2.31. The van der Waals surface area contributed by atoms with Gasteiger partial charge in [0, 0.05) is 18.5 Å². The summed E-state index contributed by atoms with van der Waals surface area (Å²) in [6.45, 7) is 9.08. The van der Waals surface area contributed by atoms with Crippen LogP contribution >= 0.6 is 0 Å². The van der Waals surface area contributed by atoms with Crippen molar-refractivity contribution in [3.05, 3.63) is 11.6 Å². The van der Waals surface area contributed by atoms with Crippen molar-refractivity contribution >= 4 is 5.91 Å². The first-order valence-electron chi connectivity index (χ1n) is 5.46. The highest BCUT2D eigenvalue weighted by atomic mass is 16.2. The Morgan fingerprint density at radius 2 is 2.00 bits per heavy atom. The lowest BCUT2D eigenvalue weighted by molar-refractivity contribution is -0.133. The van der Waals surface area contributed by atoms with Crippen LogP contribution in [-0.2, 0) is 4.79 Å². The molecule has 2 heteroatoms. The molecule has 14 heavy (non-hydrogen) atoms. The minimum Gasteiger partial charge on any atom is -0.336 e. The molecule has 0 aliphatic heterocycles. The summed E-state index contributed by atoms with van der Waals surface area (Å²) >= 11 is 0. The van der Waals surface area contributed by atoms with Crippen molar-refractivity contribution in [1.82, 2.24) is 4.90 Å². The number of allylic oxidation sites excluding steroid dienone is 1. The van der Waals surface area contributed by atoms with Gasteiger partial charge in [-0.15, -0.1) is 0 Å². The molecule has 0 aromatic heterocycles. The second kappa shape index (κ2) is 4.63. The van der Waals surface area contributed by atoms with Crippen LogP contribution in [0.25, 0.3) is 0 Å². The summed E-state index contributed by atoms with van der Waals surface area (Å²) in [6.07, 6.45) is 4.31. The summed E-state index contributed by atoms with van der Waals surface area (Å²) in [5.74, 6) is 0.681. The van der Waals surface area contributed by atoms with Crippen LogP contribution in [0.4, 0.5) is 0 Å². The Morgan fingerprint density at radius 1 is 1.43 bits per heavy atom. The maximum Gasteiger partial charge on any atom is 0.226 e. The van der Waals surface area contributed by atoms with Gasteiger partial charge in [-0.1, -0.05) is 11.6 Å².